The molecule has 0 N–H and O–H groups in total. The largest absolute Gasteiger partial charge is 0.373 e. The van der Waals surface area contributed by atoms with Crippen LogP contribution >= 0.6 is 0 Å². The minimum atomic E-state index is -0.108. The Morgan fingerprint density at radius 3 is 2.79 bits per heavy atom. The Labute approximate surface area is 165 Å². The van der Waals surface area contributed by atoms with Gasteiger partial charge >= 0.3 is 0 Å². The number of amides is 1. The topological polar surface area (TPSA) is 71.7 Å². The van der Waals surface area contributed by atoms with Crippen LogP contribution in [0, 0.1) is 13.8 Å². The average molecular weight is 384 g/mol. The molecule has 2 aromatic heterocycles. The van der Waals surface area contributed by atoms with E-state index in [1.165, 1.54) is 5.56 Å². The van der Waals surface area contributed by atoms with E-state index in [4.69, 9.17) is 9.26 Å². The number of pyridine rings is 1. The van der Waals surface area contributed by atoms with Gasteiger partial charge in [-0.15, -0.1) is 0 Å². The van der Waals surface area contributed by atoms with Gasteiger partial charge in [-0.25, -0.2) is 0 Å². The first-order chi connectivity index (χ1) is 13.5. The van der Waals surface area contributed by atoms with Crippen LogP contribution in [0.3, 0.4) is 0 Å². The summed E-state index contributed by atoms with van der Waals surface area (Å²) in [4.78, 5) is 21.3. The van der Waals surface area contributed by atoms with Gasteiger partial charge in [0.05, 0.1) is 17.9 Å². The van der Waals surface area contributed by atoms with Crippen LogP contribution in [-0.2, 0) is 11.3 Å². The zero-order chi connectivity index (χ0) is 19.7. The van der Waals surface area contributed by atoms with E-state index in [-0.39, 0.29) is 11.5 Å². The molecule has 0 saturated carbocycles. The number of carbonyl (C=O) groups excluding carboxylic acids is 1. The molecule has 150 valence electrons. The monoisotopic (exact) mass is 384 g/mol. The minimum absolute atomic E-state index is 0.0225. The lowest BCUT2D eigenvalue weighted by molar-refractivity contribution is -0.0393. The lowest BCUT2D eigenvalue weighted by atomic mass is 9.87. The standard InChI is InChI=1S/C21H28N4O3/c1-15-19(16(2)28-23-15)20(26)25-9-6-21(7-10-25)11-18(14-27-21)24(3)13-17-5-4-8-22-12-17/h4-5,8,12,18H,6-7,9-11,13-14H2,1-3H3/t18-/m1/s1. The third-order valence-electron chi connectivity index (χ3n) is 6.18. The van der Waals surface area contributed by atoms with Crippen LogP contribution in [0.4, 0.5) is 0 Å². The molecule has 1 spiro atoms. The second-order valence-electron chi connectivity index (χ2n) is 8.12. The molecule has 2 fully saturated rings. The Bertz CT molecular complexity index is 808. The molecule has 0 bridgehead atoms. The van der Waals surface area contributed by atoms with Crippen molar-refractivity contribution in [2.45, 2.75) is 51.3 Å². The fourth-order valence-corrected chi connectivity index (χ4v) is 4.42. The minimum Gasteiger partial charge on any atom is -0.373 e. The quantitative estimate of drug-likeness (QED) is 0.807. The summed E-state index contributed by atoms with van der Waals surface area (Å²) in [6.07, 6.45) is 6.48. The van der Waals surface area contributed by atoms with Gasteiger partial charge in [-0.3, -0.25) is 14.7 Å². The molecule has 0 aliphatic carbocycles. The number of likely N-dealkylation sites (N-methyl/N-ethyl adjacent to an activating group) is 1. The van der Waals surface area contributed by atoms with Crippen molar-refractivity contribution in [2.75, 3.05) is 26.7 Å². The number of aromatic nitrogens is 2. The van der Waals surface area contributed by atoms with E-state index in [1.54, 1.807) is 13.1 Å². The number of aryl methyl sites for hydroxylation is 2. The normalized spacial score (nSPS) is 21.6. The summed E-state index contributed by atoms with van der Waals surface area (Å²) in [6, 6.07) is 4.47. The molecule has 7 heteroatoms. The van der Waals surface area contributed by atoms with Crippen LogP contribution in [0.25, 0.3) is 0 Å². The van der Waals surface area contributed by atoms with Crippen LogP contribution in [0.15, 0.2) is 29.0 Å². The molecule has 1 atom stereocenters. The summed E-state index contributed by atoms with van der Waals surface area (Å²) in [5.74, 6) is 0.617. The maximum atomic E-state index is 12.9. The molecule has 0 radical (unpaired) electrons. The first-order valence-electron chi connectivity index (χ1n) is 9.93. The zero-order valence-electron chi connectivity index (χ0n) is 16.9. The average Bonchev–Trinajstić information content (AvgIpc) is 3.26. The summed E-state index contributed by atoms with van der Waals surface area (Å²) in [5.41, 5.74) is 2.38. The predicted molar refractivity (Wildman–Crippen MR) is 104 cm³/mol. The lowest BCUT2D eigenvalue weighted by Gasteiger charge is -2.39. The van der Waals surface area contributed by atoms with Gasteiger partial charge in [-0.1, -0.05) is 11.2 Å². The van der Waals surface area contributed by atoms with Crippen molar-refractivity contribution >= 4 is 5.91 Å². The van der Waals surface area contributed by atoms with Crippen molar-refractivity contribution in [1.29, 1.82) is 0 Å². The van der Waals surface area contributed by atoms with Gasteiger partial charge in [-0.2, -0.15) is 0 Å². The van der Waals surface area contributed by atoms with Crippen molar-refractivity contribution in [3.05, 3.63) is 47.1 Å². The van der Waals surface area contributed by atoms with E-state index in [0.717, 1.165) is 32.4 Å². The molecule has 2 aromatic rings. The number of nitrogens with zero attached hydrogens (tertiary/aromatic N) is 4. The van der Waals surface area contributed by atoms with E-state index in [9.17, 15) is 4.79 Å². The van der Waals surface area contributed by atoms with Crippen LogP contribution in [0.1, 0.15) is 46.6 Å². The first kappa shape index (κ1) is 19.1. The second-order valence-corrected chi connectivity index (χ2v) is 8.12. The number of likely N-dealkylation sites (tertiary alicyclic amines) is 1. The lowest BCUT2D eigenvalue weighted by Crippen LogP contribution is -2.47. The number of ether oxygens (including phenoxy) is 1. The number of carbonyl (C=O) groups is 1. The third kappa shape index (κ3) is 3.69. The van der Waals surface area contributed by atoms with E-state index in [2.05, 4.69) is 28.2 Å². The molecule has 4 rings (SSSR count). The number of hydrogen-bond acceptors (Lipinski definition) is 6. The van der Waals surface area contributed by atoms with Gasteiger partial charge in [0.25, 0.3) is 5.91 Å². The summed E-state index contributed by atoms with van der Waals surface area (Å²) >= 11 is 0. The Morgan fingerprint density at radius 2 is 2.14 bits per heavy atom. The van der Waals surface area contributed by atoms with Gasteiger partial charge in [0, 0.05) is 38.1 Å². The highest BCUT2D eigenvalue weighted by atomic mass is 16.5. The maximum Gasteiger partial charge on any atom is 0.259 e. The summed E-state index contributed by atoms with van der Waals surface area (Å²) in [5, 5.41) is 3.91. The van der Waals surface area contributed by atoms with Crippen LogP contribution < -0.4 is 0 Å². The number of piperidine rings is 1. The fraction of sp³-hybridized carbons (Fsp3) is 0.571. The molecule has 28 heavy (non-hydrogen) atoms. The van der Waals surface area contributed by atoms with Crippen molar-refractivity contribution in [1.82, 2.24) is 19.9 Å². The van der Waals surface area contributed by atoms with Gasteiger partial charge in [0.2, 0.25) is 0 Å². The second kappa shape index (κ2) is 7.64. The van der Waals surface area contributed by atoms with Crippen LogP contribution in [-0.4, -0.2) is 64.2 Å². The first-order valence-corrected chi connectivity index (χ1v) is 9.93. The molecule has 7 nitrogen and oxygen atoms in total. The van der Waals surface area contributed by atoms with Crippen LogP contribution in [0.5, 0.6) is 0 Å². The predicted octanol–water partition coefficient (Wildman–Crippen LogP) is 2.58. The molecule has 0 aromatic carbocycles. The highest BCUT2D eigenvalue weighted by Crippen LogP contribution is 2.38. The Morgan fingerprint density at radius 1 is 1.36 bits per heavy atom. The molecule has 4 heterocycles. The molecular weight excluding hydrogens is 356 g/mol. The van der Waals surface area contributed by atoms with E-state index < -0.39 is 0 Å². The molecule has 1 amide bonds. The Balaban J connectivity index is 1.34. The molecule has 2 aliphatic rings. The van der Waals surface area contributed by atoms with E-state index >= 15 is 0 Å². The molecular formula is C21H28N4O3. The van der Waals surface area contributed by atoms with E-state index in [1.807, 2.05) is 24.1 Å². The Hall–Kier alpha value is -2.25. The summed E-state index contributed by atoms with van der Waals surface area (Å²) in [6.45, 7) is 6.65. The molecule has 2 saturated heterocycles. The van der Waals surface area contributed by atoms with Crippen molar-refractivity contribution in [3.63, 3.8) is 0 Å². The summed E-state index contributed by atoms with van der Waals surface area (Å²) < 4.78 is 11.5. The van der Waals surface area contributed by atoms with Gasteiger partial charge in [0.1, 0.15) is 11.3 Å². The Kier molecular flexibility index (Phi) is 5.21. The number of hydrogen-bond donors (Lipinski definition) is 0. The number of rotatable bonds is 4. The van der Waals surface area contributed by atoms with Gasteiger partial charge in [0.15, 0.2) is 0 Å². The fourth-order valence-electron chi connectivity index (χ4n) is 4.42. The van der Waals surface area contributed by atoms with Crippen molar-refractivity contribution < 1.29 is 14.1 Å². The highest BCUT2D eigenvalue weighted by Gasteiger charge is 2.44. The highest BCUT2D eigenvalue weighted by molar-refractivity contribution is 5.96. The third-order valence-corrected chi connectivity index (χ3v) is 6.18. The summed E-state index contributed by atoms with van der Waals surface area (Å²) in [7, 11) is 2.15. The zero-order valence-corrected chi connectivity index (χ0v) is 16.9. The smallest absolute Gasteiger partial charge is 0.259 e. The maximum absolute atomic E-state index is 12.9. The van der Waals surface area contributed by atoms with Gasteiger partial charge in [-0.05, 0) is 51.8 Å². The van der Waals surface area contributed by atoms with E-state index in [0.29, 0.717) is 36.1 Å². The van der Waals surface area contributed by atoms with Crippen LogP contribution in [0.2, 0.25) is 0 Å². The van der Waals surface area contributed by atoms with Gasteiger partial charge < -0.3 is 14.2 Å². The molecule has 2 aliphatic heterocycles. The SMILES string of the molecule is Cc1noc(C)c1C(=O)N1CCC2(CC1)C[C@@H](N(C)Cc1cccnc1)CO2. The molecule has 0 unspecified atom stereocenters. The van der Waals surface area contributed by atoms with Crippen molar-refractivity contribution in [2.24, 2.45) is 0 Å². The van der Waals surface area contributed by atoms with Crippen molar-refractivity contribution in [3.8, 4) is 0 Å².